The summed E-state index contributed by atoms with van der Waals surface area (Å²) in [4.78, 5) is 22.8. The van der Waals surface area contributed by atoms with Gasteiger partial charge in [-0.3, -0.25) is 13.8 Å². The van der Waals surface area contributed by atoms with Crippen LogP contribution < -0.4 is 11.1 Å². The number of aliphatic hydroxyl groups excluding tert-OH is 2. The summed E-state index contributed by atoms with van der Waals surface area (Å²) < 4.78 is 22.1. The normalized spacial score (nSPS) is 15.2. The van der Waals surface area contributed by atoms with Crippen molar-refractivity contribution in [2.24, 2.45) is 5.73 Å². The van der Waals surface area contributed by atoms with Crippen LogP contribution in [-0.2, 0) is 18.4 Å². The van der Waals surface area contributed by atoms with Crippen LogP contribution >= 0.6 is 7.82 Å². The van der Waals surface area contributed by atoms with Crippen molar-refractivity contribution in [3.8, 4) is 0 Å². The van der Waals surface area contributed by atoms with Gasteiger partial charge in [-0.1, -0.05) is 171 Å². The molecule has 4 atom stereocenters. The predicted molar refractivity (Wildman–Crippen MR) is 236 cm³/mol. The molecule has 0 fully saturated rings. The Balaban J connectivity index is 4.40. The quantitative estimate of drug-likeness (QED) is 0.0177. The minimum atomic E-state index is -4.42. The molecule has 0 saturated carbocycles. The summed E-state index contributed by atoms with van der Waals surface area (Å²) in [5.74, 6) is -0.466. The molecule has 0 aliphatic rings. The fraction of sp³-hybridized carbons (Fsp3) is 0.761. The van der Waals surface area contributed by atoms with Crippen LogP contribution in [0.5, 0.6) is 0 Å². The lowest BCUT2D eigenvalue weighted by molar-refractivity contribution is -0.124. The monoisotopic (exact) mass is 809 g/mol. The van der Waals surface area contributed by atoms with Crippen LogP contribution in [0.1, 0.15) is 187 Å². The molecule has 10 heteroatoms. The van der Waals surface area contributed by atoms with E-state index in [9.17, 15) is 24.5 Å². The number of phosphoric acid groups is 1. The first-order valence-electron chi connectivity index (χ1n) is 22.5. The third-order valence-corrected chi connectivity index (χ3v) is 10.6. The molecule has 4 unspecified atom stereocenters. The number of carbonyl (C=O) groups excluding carboxylic acids is 1. The van der Waals surface area contributed by atoms with Gasteiger partial charge in [0.2, 0.25) is 5.91 Å². The minimum absolute atomic E-state index is 0.0392. The molecule has 0 aliphatic carbocycles. The van der Waals surface area contributed by atoms with E-state index in [1.807, 2.05) is 6.08 Å². The summed E-state index contributed by atoms with van der Waals surface area (Å²) in [6.07, 6.45) is 48.7. The molecule has 1 amide bonds. The van der Waals surface area contributed by atoms with Gasteiger partial charge in [0.1, 0.15) is 0 Å². The van der Waals surface area contributed by atoms with Gasteiger partial charge in [0.05, 0.1) is 37.9 Å². The molecule has 0 spiro atoms. The smallest absolute Gasteiger partial charge is 0.393 e. The lowest BCUT2D eigenvalue weighted by Crippen LogP contribution is -2.46. The second-order valence-corrected chi connectivity index (χ2v) is 16.6. The van der Waals surface area contributed by atoms with Crippen LogP contribution in [-0.4, -0.2) is 59.0 Å². The Morgan fingerprint density at radius 2 is 1.07 bits per heavy atom. The molecule has 0 heterocycles. The Hall–Kier alpha value is -1.84. The molecular formula is C46H85N2O7P. The average Bonchev–Trinajstić information content (AvgIpc) is 3.17. The number of carbonyl (C=O) groups is 1. The number of nitrogens with two attached hydrogens (primary N) is 1. The van der Waals surface area contributed by atoms with Gasteiger partial charge in [0, 0.05) is 6.54 Å². The Labute approximate surface area is 343 Å². The van der Waals surface area contributed by atoms with E-state index >= 15 is 0 Å². The van der Waals surface area contributed by atoms with E-state index in [0.29, 0.717) is 12.8 Å². The molecule has 0 aliphatic heterocycles. The molecule has 0 aromatic rings. The summed E-state index contributed by atoms with van der Waals surface area (Å²) in [7, 11) is -4.42. The van der Waals surface area contributed by atoms with Crippen LogP contribution in [0.3, 0.4) is 0 Å². The maximum Gasteiger partial charge on any atom is 0.472 e. The summed E-state index contributed by atoms with van der Waals surface area (Å²) in [6, 6.07) is -1.01. The number of rotatable bonds is 41. The Morgan fingerprint density at radius 1 is 0.625 bits per heavy atom. The molecule has 56 heavy (non-hydrogen) atoms. The maximum absolute atomic E-state index is 12.8. The fourth-order valence-corrected chi connectivity index (χ4v) is 6.96. The third-order valence-electron chi connectivity index (χ3n) is 9.63. The van der Waals surface area contributed by atoms with Crippen molar-refractivity contribution in [3.05, 3.63) is 60.8 Å². The topological polar surface area (TPSA) is 151 Å². The molecule has 0 rings (SSSR count). The third kappa shape index (κ3) is 39.0. The first-order chi connectivity index (χ1) is 27.3. The molecule has 0 radical (unpaired) electrons. The summed E-state index contributed by atoms with van der Waals surface area (Å²) >= 11 is 0. The summed E-state index contributed by atoms with van der Waals surface area (Å²) in [5.41, 5.74) is 5.36. The maximum atomic E-state index is 12.8. The van der Waals surface area contributed by atoms with Crippen molar-refractivity contribution in [2.45, 2.75) is 205 Å². The molecular weight excluding hydrogens is 723 g/mol. The first kappa shape index (κ1) is 54.2. The highest BCUT2D eigenvalue weighted by atomic mass is 31.2. The highest BCUT2D eigenvalue weighted by Gasteiger charge is 2.27. The number of unbranched alkanes of at least 4 members (excludes halogenated alkanes) is 20. The van der Waals surface area contributed by atoms with Crippen molar-refractivity contribution in [1.82, 2.24) is 5.32 Å². The van der Waals surface area contributed by atoms with Gasteiger partial charge in [0.25, 0.3) is 0 Å². The van der Waals surface area contributed by atoms with Crippen LogP contribution in [0.4, 0.5) is 0 Å². The standard InChI is InChI=1S/C46H85N2O7P/c1-3-5-7-9-11-13-15-17-19-21-23-25-27-29-31-33-35-37-43(49)41-46(51)48-44(42-55-56(52,53)54-40-39-47)45(50)38-36-34-32-30-28-26-24-22-20-18-16-14-12-10-8-6-4-2/h11,13,15,17,20,22,28,30,36,38,43-45,49-50H,3-10,12,14,16,18-19,21,23-27,29,31-35,37,39-42,47H2,1-2H3,(H,48,51)(H,52,53)/b13-11-,17-15-,22-20+,30-28+,38-36+. The van der Waals surface area contributed by atoms with E-state index in [-0.39, 0.29) is 19.6 Å². The van der Waals surface area contributed by atoms with Gasteiger partial charge < -0.3 is 26.2 Å². The van der Waals surface area contributed by atoms with E-state index in [2.05, 4.69) is 67.8 Å². The van der Waals surface area contributed by atoms with Crippen LogP contribution in [0, 0.1) is 0 Å². The first-order valence-corrected chi connectivity index (χ1v) is 24.0. The van der Waals surface area contributed by atoms with Crippen LogP contribution in [0.2, 0.25) is 0 Å². The van der Waals surface area contributed by atoms with Crippen molar-refractivity contribution in [3.63, 3.8) is 0 Å². The summed E-state index contributed by atoms with van der Waals surface area (Å²) in [6.45, 7) is 3.90. The average molecular weight is 809 g/mol. The number of amides is 1. The molecule has 0 bridgehead atoms. The van der Waals surface area contributed by atoms with E-state index in [4.69, 9.17) is 14.8 Å². The van der Waals surface area contributed by atoms with Gasteiger partial charge >= 0.3 is 7.82 Å². The fourth-order valence-electron chi connectivity index (χ4n) is 6.20. The zero-order valence-corrected chi connectivity index (χ0v) is 36.6. The number of allylic oxidation sites excluding steroid dienone is 9. The second kappa shape index (κ2) is 41.3. The molecule has 0 saturated heterocycles. The lowest BCUT2D eigenvalue weighted by atomic mass is 10.0. The van der Waals surface area contributed by atoms with Crippen molar-refractivity contribution in [1.29, 1.82) is 0 Å². The lowest BCUT2D eigenvalue weighted by Gasteiger charge is -2.24. The molecule has 6 N–H and O–H groups in total. The van der Waals surface area contributed by atoms with Gasteiger partial charge in [-0.2, -0.15) is 0 Å². The number of aliphatic hydroxyl groups is 2. The Kier molecular flexibility index (Phi) is 40.0. The highest BCUT2D eigenvalue weighted by Crippen LogP contribution is 2.43. The number of hydrogen-bond donors (Lipinski definition) is 5. The molecule has 0 aromatic carbocycles. The van der Waals surface area contributed by atoms with Crippen molar-refractivity contribution < 1.29 is 33.5 Å². The number of nitrogens with one attached hydrogen (secondary N) is 1. The zero-order chi connectivity index (χ0) is 41.2. The van der Waals surface area contributed by atoms with Gasteiger partial charge in [-0.15, -0.1) is 0 Å². The Morgan fingerprint density at radius 3 is 1.62 bits per heavy atom. The van der Waals surface area contributed by atoms with Crippen LogP contribution in [0.25, 0.3) is 0 Å². The van der Waals surface area contributed by atoms with Crippen LogP contribution in [0.15, 0.2) is 60.8 Å². The predicted octanol–water partition coefficient (Wildman–Crippen LogP) is 11.6. The largest absolute Gasteiger partial charge is 0.472 e. The SMILES string of the molecule is CCCCC/C=C\C=C/CCCCCCCCCCC(O)CC(=O)NC(COP(=O)(O)OCCN)C(O)/C=C/CC/C=C/CC/C=C/CCCCCCCCC. The van der Waals surface area contributed by atoms with Gasteiger partial charge in [0.15, 0.2) is 0 Å². The molecule has 0 aromatic heterocycles. The van der Waals surface area contributed by atoms with Crippen molar-refractivity contribution in [2.75, 3.05) is 19.8 Å². The van der Waals surface area contributed by atoms with E-state index in [0.717, 1.165) is 51.4 Å². The molecule has 326 valence electrons. The van der Waals surface area contributed by atoms with Gasteiger partial charge in [-0.25, -0.2) is 4.57 Å². The second-order valence-electron chi connectivity index (χ2n) is 15.1. The van der Waals surface area contributed by atoms with Gasteiger partial charge in [-0.05, 0) is 70.6 Å². The number of phosphoric ester groups is 1. The van der Waals surface area contributed by atoms with E-state index in [1.165, 1.54) is 103 Å². The van der Waals surface area contributed by atoms with Crippen molar-refractivity contribution >= 4 is 13.7 Å². The summed E-state index contributed by atoms with van der Waals surface area (Å²) in [5, 5.41) is 24.0. The van der Waals surface area contributed by atoms with E-state index < -0.39 is 38.6 Å². The molecule has 9 nitrogen and oxygen atoms in total. The van der Waals surface area contributed by atoms with E-state index in [1.54, 1.807) is 6.08 Å². The Bertz CT molecular complexity index is 1080. The number of hydrogen-bond acceptors (Lipinski definition) is 7. The zero-order valence-electron chi connectivity index (χ0n) is 35.7. The minimum Gasteiger partial charge on any atom is -0.393 e. The highest BCUT2D eigenvalue weighted by molar-refractivity contribution is 7.47.